The number of carbonyl (C=O) groups is 2. The predicted octanol–water partition coefficient (Wildman–Crippen LogP) is 2.90. The van der Waals surface area contributed by atoms with Crippen LogP contribution in [0.25, 0.3) is 0 Å². The van der Waals surface area contributed by atoms with E-state index in [1.807, 2.05) is 30.3 Å². The van der Waals surface area contributed by atoms with Crippen LogP contribution in [0.5, 0.6) is 0 Å². The van der Waals surface area contributed by atoms with Gasteiger partial charge >= 0.3 is 0 Å². The number of nitrogens with one attached hydrogen (secondary N) is 2. The monoisotopic (exact) mass is 344 g/mol. The van der Waals surface area contributed by atoms with E-state index in [0.717, 1.165) is 18.1 Å². The quantitative estimate of drug-likeness (QED) is 0.820. The second-order valence-electron chi connectivity index (χ2n) is 6.10. The van der Waals surface area contributed by atoms with Crippen LogP contribution in [0.2, 0.25) is 0 Å². The van der Waals surface area contributed by atoms with E-state index in [1.165, 1.54) is 12.1 Å². The van der Waals surface area contributed by atoms with Crippen LogP contribution in [0.1, 0.15) is 12.0 Å². The zero-order chi connectivity index (χ0) is 17.8. The molecule has 3 rings (SSSR count). The van der Waals surface area contributed by atoms with Crippen LogP contribution in [0.4, 0.5) is 14.5 Å². The van der Waals surface area contributed by atoms with Gasteiger partial charge in [0.2, 0.25) is 11.8 Å². The van der Waals surface area contributed by atoms with Crippen LogP contribution in [-0.2, 0) is 16.0 Å². The van der Waals surface area contributed by atoms with Crippen molar-refractivity contribution in [3.05, 3.63) is 65.7 Å². The van der Waals surface area contributed by atoms with Crippen molar-refractivity contribution < 1.29 is 18.4 Å². The molecule has 2 aromatic carbocycles. The second-order valence-corrected chi connectivity index (χ2v) is 6.10. The number of anilines is 1. The molecule has 1 saturated heterocycles. The molecule has 0 radical (unpaired) electrons. The Morgan fingerprint density at radius 1 is 1.12 bits per heavy atom. The molecule has 1 fully saturated rings. The Morgan fingerprint density at radius 2 is 1.88 bits per heavy atom. The van der Waals surface area contributed by atoms with Gasteiger partial charge in [-0.15, -0.1) is 0 Å². The highest BCUT2D eigenvalue weighted by Gasteiger charge is 2.40. The van der Waals surface area contributed by atoms with Crippen LogP contribution in [0.3, 0.4) is 0 Å². The Morgan fingerprint density at radius 3 is 2.64 bits per heavy atom. The Labute approximate surface area is 144 Å². The Hall–Kier alpha value is -2.76. The summed E-state index contributed by atoms with van der Waals surface area (Å²) in [5, 5.41) is 5.02. The number of rotatable bonds is 5. The average molecular weight is 344 g/mol. The van der Waals surface area contributed by atoms with Crippen molar-refractivity contribution in [2.75, 3.05) is 11.9 Å². The third kappa shape index (κ3) is 3.84. The predicted molar refractivity (Wildman–Crippen MR) is 89.7 cm³/mol. The van der Waals surface area contributed by atoms with Gasteiger partial charge in [0.15, 0.2) is 11.6 Å². The summed E-state index contributed by atoms with van der Waals surface area (Å²) in [5.41, 5.74) is 0.865. The molecule has 2 N–H and O–H groups in total. The lowest BCUT2D eigenvalue weighted by Crippen LogP contribution is -2.33. The fourth-order valence-corrected chi connectivity index (χ4v) is 3.08. The number of benzene rings is 2. The molecule has 25 heavy (non-hydrogen) atoms. The van der Waals surface area contributed by atoms with Crippen LogP contribution < -0.4 is 10.6 Å². The molecule has 0 bridgehead atoms. The highest BCUT2D eigenvalue weighted by Crippen LogP contribution is 2.26. The summed E-state index contributed by atoms with van der Waals surface area (Å²) in [4.78, 5) is 24.5. The van der Waals surface area contributed by atoms with Crippen LogP contribution in [0.15, 0.2) is 48.5 Å². The Bertz CT molecular complexity index is 780. The van der Waals surface area contributed by atoms with Crippen LogP contribution in [0, 0.1) is 23.5 Å². The second kappa shape index (κ2) is 7.42. The molecule has 0 saturated carbocycles. The molecule has 2 atom stereocenters. The van der Waals surface area contributed by atoms with Crippen LogP contribution in [-0.4, -0.2) is 18.4 Å². The summed E-state index contributed by atoms with van der Waals surface area (Å²) < 4.78 is 27.0. The summed E-state index contributed by atoms with van der Waals surface area (Å²) >= 11 is 0. The Balaban J connectivity index is 1.68. The minimum Gasteiger partial charge on any atom is -0.355 e. The zero-order valence-electron chi connectivity index (χ0n) is 13.5. The molecular formula is C19H18F2N2O2. The van der Waals surface area contributed by atoms with Crippen molar-refractivity contribution in [1.29, 1.82) is 0 Å². The third-order valence-corrected chi connectivity index (χ3v) is 4.43. The summed E-state index contributed by atoms with van der Waals surface area (Å²) in [7, 11) is 0. The molecule has 6 heteroatoms. The van der Waals surface area contributed by atoms with Crippen LogP contribution >= 0.6 is 0 Å². The van der Waals surface area contributed by atoms with Crippen molar-refractivity contribution in [3.63, 3.8) is 0 Å². The fourth-order valence-electron chi connectivity index (χ4n) is 3.08. The number of halogens is 2. The first-order valence-electron chi connectivity index (χ1n) is 8.13. The molecule has 0 aliphatic carbocycles. The lowest BCUT2D eigenvalue weighted by molar-refractivity contribution is -0.131. The molecule has 2 amide bonds. The zero-order valence-corrected chi connectivity index (χ0v) is 13.5. The minimum absolute atomic E-state index is 0.190. The van der Waals surface area contributed by atoms with E-state index in [0.29, 0.717) is 13.0 Å². The number of carbonyl (C=O) groups excluding carboxylic acids is 2. The van der Waals surface area contributed by atoms with E-state index in [1.54, 1.807) is 0 Å². The van der Waals surface area contributed by atoms with Gasteiger partial charge in [0.05, 0.1) is 5.69 Å². The molecule has 130 valence electrons. The summed E-state index contributed by atoms with van der Waals surface area (Å²) in [6, 6.07) is 13.3. The molecule has 0 aromatic heterocycles. The fraction of sp³-hybridized carbons (Fsp3) is 0.263. The summed E-state index contributed by atoms with van der Waals surface area (Å²) in [6.07, 6.45) is 1.38. The number of hydrogen-bond donors (Lipinski definition) is 2. The maximum absolute atomic E-state index is 13.7. The van der Waals surface area contributed by atoms with E-state index >= 15 is 0 Å². The van der Waals surface area contributed by atoms with E-state index < -0.39 is 23.5 Å². The van der Waals surface area contributed by atoms with Crippen molar-refractivity contribution in [2.45, 2.75) is 12.8 Å². The number of amides is 2. The average Bonchev–Trinajstić information content (AvgIpc) is 2.99. The highest BCUT2D eigenvalue weighted by molar-refractivity contribution is 6.07. The smallest absolute Gasteiger partial charge is 0.237 e. The van der Waals surface area contributed by atoms with Gasteiger partial charge in [0, 0.05) is 6.54 Å². The highest BCUT2D eigenvalue weighted by atomic mass is 19.2. The standard InChI is InChI=1S/C19H18F2N2O2/c20-14-7-4-8-15(17(14)21)23-19(25)16-13(11-22-18(16)24)10-9-12-5-2-1-3-6-12/h1-8,13,16H,9-11H2,(H,22,24)(H,23,25). The van der Waals surface area contributed by atoms with Crippen molar-refractivity contribution in [2.24, 2.45) is 11.8 Å². The van der Waals surface area contributed by atoms with E-state index in [4.69, 9.17) is 0 Å². The largest absolute Gasteiger partial charge is 0.355 e. The Kier molecular flexibility index (Phi) is 5.07. The molecule has 2 aromatic rings. The normalized spacial score (nSPS) is 19.5. The van der Waals surface area contributed by atoms with Crippen molar-refractivity contribution in [3.8, 4) is 0 Å². The van der Waals surface area contributed by atoms with Gasteiger partial charge in [-0.1, -0.05) is 36.4 Å². The van der Waals surface area contributed by atoms with E-state index in [9.17, 15) is 18.4 Å². The van der Waals surface area contributed by atoms with Gasteiger partial charge in [-0.3, -0.25) is 9.59 Å². The lowest BCUT2D eigenvalue weighted by atomic mass is 9.89. The summed E-state index contributed by atoms with van der Waals surface area (Å²) in [6.45, 7) is 0.398. The number of aryl methyl sites for hydroxylation is 1. The van der Waals surface area contributed by atoms with Gasteiger partial charge in [0.1, 0.15) is 5.92 Å². The number of hydrogen-bond acceptors (Lipinski definition) is 2. The molecule has 2 unspecified atom stereocenters. The summed E-state index contributed by atoms with van der Waals surface area (Å²) in [5.74, 6) is -4.27. The lowest BCUT2D eigenvalue weighted by Gasteiger charge is -2.17. The van der Waals surface area contributed by atoms with E-state index in [-0.39, 0.29) is 17.5 Å². The van der Waals surface area contributed by atoms with Gasteiger partial charge in [-0.25, -0.2) is 8.78 Å². The molecule has 1 aliphatic rings. The molecular weight excluding hydrogens is 326 g/mol. The van der Waals surface area contributed by atoms with E-state index in [2.05, 4.69) is 10.6 Å². The van der Waals surface area contributed by atoms with Crippen molar-refractivity contribution >= 4 is 17.5 Å². The first-order valence-corrected chi connectivity index (χ1v) is 8.13. The van der Waals surface area contributed by atoms with Gasteiger partial charge in [-0.05, 0) is 36.5 Å². The first kappa shape index (κ1) is 17.1. The maximum atomic E-state index is 13.7. The molecule has 1 heterocycles. The maximum Gasteiger partial charge on any atom is 0.237 e. The SMILES string of the molecule is O=C1NCC(CCc2ccccc2)C1C(=O)Nc1cccc(F)c1F. The topological polar surface area (TPSA) is 58.2 Å². The van der Waals surface area contributed by atoms with Gasteiger partial charge in [0.25, 0.3) is 0 Å². The molecule has 0 spiro atoms. The molecule has 4 nitrogen and oxygen atoms in total. The van der Waals surface area contributed by atoms with Gasteiger partial charge < -0.3 is 10.6 Å². The first-order chi connectivity index (χ1) is 12.1. The van der Waals surface area contributed by atoms with Gasteiger partial charge in [-0.2, -0.15) is 0 Å². The van der Waals surface area contributed by atoms with Crippen molar-refractivity contribution in [1.82, 2.24) is 5.32 Å². The third-order valence-electron chi connectivity index (χ3n) is 4.43. The minimum atomic E-state index is -1.13. The molecule has 1 aliphatic heterocycles.